The smallest absolute Gasteiger partial charge is 0.220 e. The summed E-state index contributed by atoms with van der Waals surface area (Å²) in [6.45, 7) is 2.25. The molecule has 0 aromatic rings. The molecule has 0 aromatic carbocycles. The highest BCUT2D eigenvalue weighted by Crippen LogP contribution is 2.50. The van der Waals surface area contributed by atoms with E-state index in [4.69, 9.17) is 0 Å². The van der Waals surface area contributed by atoms with Gasteiger partial charge in [0.25, 0.3) is 0 Å². The molecule has 112 valence electrons. The molecule has 4 bridgehead atoms. The topological polar surface area (TPSA) is 29.1 Å². The number of amides is 1. The molecule has 7 atom stereocenters. The second-order valence-electron chi connectivity index (χ2n) is 8.33. The third kappa shape index (κ3) is 2.29. The van der Waals surface area contributed by atoms with Crippen LogP contribution in [0.2, 0.25) is 0 Å². The largest absolute Gasteiger partial charge is 0.353 e. The minimum absolute atomic E-state index is 0.345. The van der Waals surface area contributed by atoms with Gasteiger partial charge in [-0.25, -0.2) is 0 Å². The standard InChI is InChI=1S/C18H29NO/c1-11(17-9-13-3-5-15(17)7-13)19-18(20)10-16-8-12-2-4-14(16)6-12/h11-17H,2-10H2,1H3,(H,19,20)/t11-,12-,13-,14-,15-,16-,17+/m0/s1. The number of rotatable bonds is 4. The first-order valence-electron chi connectivity index (χ1n) is 8.98. The molecule has 4 aliphatic rings. The first-order valence-corrected chi connectivity index (χ1v) is 8.98. The molecule has 2 nitrogen and oxygen atoms in total. The normalized spacial score (nSPS) is 46.9. The second kappa shape index (κ2) is 5.03. The van der Waals surface area contributed by atoms with E-state index in [2.05, 4.69) is 12.2 Å². The molecule has 1 N–H and O–H groups in total. The lowest BCUT2D eigenvalue weighted by molar-refractivity contribution is -0.123. The van der Waals surface area contributed by atoms with Crippen LogP contribution in [0.15, 0.2) is 0 Å². The van der Waals surface area contributed by atoms with Crippen LogP contribution in [0.1, 0.15) is 64.7 Å². The Morgan fingerprint density at radius 2 is 1.70 bits per heavy atom. The minimum Gasteiger partial charge on any atom is -0.353 e. The van der Waals surface area contributed by atoms with Crippen molar-refractivity contribution >= 4 is 5.91 Å². The quantitative estimate of drug-likeness (QED) is 0.831. The number of carbonyl (C=O) groups is 1. The molecule has 0 heterocycles. The molecule has 4 fully saturated rings. The average molecular weight is 275 g/mol. The maximum absolute atomic E-state index is 12.3. The molecular weight excluding hydrogens is 246 g/mol. The summed E-state index contributed by atoms with van der Waals surface area (Å²) >= 11 is 0. The van der Waals surface area contributed by atoms with Crippen LogP contribution in [0.4, 0.5) is 0 Å². The number of fused-ring (bicyclic) bond motifs is 4. The van der Waals surface area contributed by atoms with Gasteiger partial charge in [-0.2, -0.15) is 0 Å². The van der Waals surface area contributed by atoms with E-state index >= 15 is 0 Å². The summed E-state index contributed by atoms with van der Waals surface area (Å²) in [5.74, 6) is 5.56. The van der Waals surface area contributed by atoms with Gasteiger partial charge in [0.15, 0.2) is 0 Å². The van der Waals surface area contributed by atoms with Gasteiger partial charge in [0, 0.05) is 12.5 Å². The van der Waals surface area contributed by atoms with Gasteiger partial charge in [0.05, 0.1) is 0 Å². The minimum atomic E-state index is 0.345. The zero-order valence-electron chi connectivity index (χ0n) is 12.8. The van der Waals surface area contributed by atoms with Crippen molar-refractivity contribution in [1.29, 1.82) is 0 Å². The highest BCUT2D eigenvalue weighted by atomic mass is 16.1. The monoisotopic (exact) mass is 275 g/mol. The van der Waals surface area contributed by atoms with Crippen LogP contribution >= 0.6 is 0 Å². The molecular formula is C18H29NO. The molecule has 1 amide bonds. The SMILES string of the molecule is C[C@H](NC(=O)C[C@@H]1C[C@H]2CC[C@H]1C2)[C@H]1C[C@H]2CC[C@H]1C2. The van der Waals surface area contributed by atoms with E-state index in [0.29, 0.717) is 17.9 Å². The first-order chi connectivity index (χ1) is 9.69. The van der Waals surface area contributed by atoms with Crippen molar-refractivity contribution in [1.82, 2.24) is 5.32 Å². The molecule has 4 saturated carbocycles. The fourth-order valence-electron chi connectivity index (χ4n) is 6.19. The summed E-state index contributed by atoms with van der Waals surface area (Å²) < 4.78 is 0. The second-order valence-corrected chi connectivity index (χ2v) is 8.33. The lowest BCUT2D eigenvalue weighted by Crippen LogP contribution is -2.41. The van der Waals surface area contributed by atoms with Crippen LogP contribution in [-0.2, 0) is 4.79 Å². The van der Waals surface area contributed by atoms with E-state index < -0.39 is 0 Å². The Labute approximate surface area is 123 Å². The molecule has 20 heavy (non-hydrogen) atoms. The van der Waals surface area contributed by atoms with E-state index in [1.807, 2.05) is 0 Å². The third-order valence-electron chi connectivity index (χ3n) is 7.16. The predicted octanol–water partition coefficient (Wildman–Crippen LogP) is 3.75. The Bertz CT molecular complexity index is 393. The summed E-state index contributed by atoms with van der Waals surface area (Å²) in [6, 6.07) is 0.413. The van der Waals surface area contributed by atoms with Gasteiger partial charge in [-0.1, -0.05) is 12.8 Å². The molecule has 0 aliphatic heterocycles. The van der Waals surface area contributed by atoms with Gasteiger partial charge in [-0.05, 0) is 81.0 Å². The molecule has 0 radical (unpaired) electrons. The molecule has 2 heteroatoms. The summed E-state index contributed by atoms with van der Waals surface area (Å²) in [4.78, 5) is 12.3. The van der Waals surface area contributed by atoms with Crippen LogP contribution in [0, 0.1) is 35.5 Å². The number of hydrogen-bond acceptors (Lipinski definition) is 1. The third-order valence-corrected chi connectivity index (χ3v) is 7.16. The predicted molar refractivity (Wildman–Crippen MR) is 80.1 cm³/mol. The van der Waals surface area contributed by atoms with E-state index in [-0.39, 0.29) is 0 Å². The summed E-state index contributed by atoms with van der Waals surface area (Å²) in [7, 11) is 0. The van der Waals surface area contributed by atoms with Crippen LogP contribution < -0.4 is 5.32 Å². The summed E-state index contributed by atoms with van der Waals surface area (Å²) in [5, 5.41) is 3.35. The van der Waals surface area contributed by atoms with Crippen LogP contribution in [0.25, 0.3) is 0 Å². The van der Waals surface area contributed by atoms with E-state index in [1.54, 1.807) is 0 Å². The fourth-order valence-corrected chi connectivity index (χ4v) is 6.19. The molecule has 0 unspecified atom stereocenters. The number of carbonyl (C=O) groups excluding carboxylic acids is 1. The fraction of sp³-hybridized carbons (Fsp3) is 0.944. The zero-order valence-corrected chi connectivity index (χ0v) is 12.8. The maximum atomic E-state index is 12.3. The van der Waals surface area contributed by atoms with E-state index in [0.717, 1.165) is 36.0 Å². The highest BCUT2D eigenvalue weighted by Gasteiger charge is 2.43. The summed E-state index contributed by atoms with van der Waals surface area (Å²) in [6.07, 6.45) is 12.1. The maximum Gasteiger partial charge on any atom is 0.220 e. The molecule has 0 saturated heterocycles. The van der Waals surface area contributed by atoms with Gasteiger partial charge >= 0.3 is 0 Å². The van der Waals surface area contributed by atoms with E-state index in [9.17, 15) is 4.79 Å². The van der Waals surface area contributed by atoms with Crippen LogP contribution in [0.5, 0.6) is 0 Å². The zero-order chi connectivity index (χ0) is 13.7. The van der Waals surface area contributed by atoms with Crippen molar-refractivity contribution in [3.05, 3.63) is 0 Å². The molecule has 0 aromatic heterocycles. The Balaban J connectivity index is 1.27. The Morgan fingerprint density at radius 3 is 2.25 bits per heavy atom. The number of nitrogens with one attached hydrogen (secondary N) is 1. The Kier molecular flexibility index (Phi) is 3.31. The van der Waals surface area contributed by atoms with Crippen molar-refractivity contribution in [3.8, 4) is 0 Å². The van der Waals surface area contributed by atoms with Crippen molar-refractivity contribution in [3.63, 3.8) is 0 Å². The Hall–Kier alpha value is -0.530. The molecule has 4 aliphatic carbocycles. The lowest BCUT2D eigenvalue weighted by Gasteiger charge is -2.29. The van der Waals surface area contributed by atoms with Crippen molar-refractivity contribution < 1.29 is 4.79 Å². The number of hydrogen-bond donors (Lipinski definition) is 1. The van der Waals surface area contributed by atoms with Gasteiger partial charge in [0.2, 0.25) is 5.91 Å². The highest BCUT2D eigenvalue weighted by molar-refractivity contribution is 5.76. The Morgan fingerprint density at radius 1 is 1.00 bits per heavy atom. The van der Waals surface area contributed by atoms with Crippen molar-refractivity contribution in [2.75, 3.05) is 0 Å². The van der Waals surface area contributed by atoms with E-state index in [1.165, 1.54) is 51.4 Å². The van der Waals surface area contributed by atoms with Gasteiger partial charge in [0.1, 0.15) is 0 Å². The molecule has 4 rings (SSSR count). The van der Waals surface area contributed by atoms with Gasteiger partial charge in [-0.3, -0.25) is 4.79 Å². The van der Waals surface area contributed by atoms with Gasteiger partial charge < -0.3 is 5.32 Å². The van der Waals surface area contributed by atoms with Crippen LogP contribution in [-0.4, -0.2) is 11.9 Å². The first kappa shape index (κ1) is 13.2. The average Bonchev–Trinajstić information content (AvgIpc) is 3.18. The van der Waals surface area contributed by atoms with Crippen molar-refractivity contribution in [2.45, 2.75) is 70.8 Å². The lowest BCUT2D eigenvalue weighted by atomic mass is 9.83. The summed E-state index contributed by atoms with van der Waals surface area (Å²) in [5.41, 5.74) is 0. The van der Waals surface area contributed by atoms with Crippen molar-refractivity contribution in [2.24, 2.45) is 35.5 Å². The van der Waals surface area contributed by atoms with Gasteiger partial charge in [-0.15, -0.1) is 0 Å². The molecule has 0 spiro atoms. The van der Waals surface area contributed by atoms with Crippen LogP contribution in [0.3, 0.4) is 0 Å².